The van der Waals surface area contributed by atoms with E-state index in [2.05, 4.69) is 5.32 Å². The zero-order chi connectivity index (χ0) is 24.2. The molecule has 4 rings (SSSR count). The van der Waals surface area contributed by atoms with Gasteiger partial charge in [0.15, 0.2) is 0 Å². The zero-order valence-electron chi connectivity index (χ0n) is 19.0. The first-order valence-corrected chi connectivity index (χ1v) is 11.4. The number of aliphatic hydroxyl groups excluding tert-OH is 1. The minimum absolute atomic E-state index is 0.0117. The van der Waals surface area contributed by atoms with Crippen molar-refractivity contribution in [1.82, 2.24) is 15.1 Å². The number of benzene rings is 2. The SMILES string of the molecule is COc1cccc(CNC(=O)[C@@H]2C[C@@H](O)CN2C2CCN(C(=O)c3cc(F)cc(F)c3)CC2)c1. The van der Waals surface area contributed by atoms with Gasteiger partial charge in [-0.1, -0.05) is 12.1 Å². The molecule has 2 aliphatic rings. The summed E-state index contributed by atoms with van der Waals surface area (Å²) in [6.45, 7) is 1.57. The van der Waals surface area contributed by atoms with Gasteiger partial charge in [0, 0.05) is 43.9 Å². The van der Waals surface area contributed by atoms with Gasteiger partial charge in [-0.15, -0.1) is 0 Å². The fourth-order valence-electron chi connectivity index (χ4n) is 4.85. The molecular weight excluding hydrogens is 444 g/mol. The van der Waals surface area contributed by atoms with E-state index in [-0.39, 0.29) is 17.5 Å². The van der Waals surface area contributed by atoms with E-state index in [1.165, 1.54) is 0 Å². The number of rotatable bonds is 6. The Bertz CT molecular complexity index is 1020. The van der Waals surface area contributed by atoms with Crippen LogP contribution in [-0.4, -0.2) is 71.7 Å². The number of piperidine rings is 1. The molecule has 0 unspecified atom stereocenters. The number of hydrogen-bond acceptors (Lipinski definition) is 5. The number of aliphatic hydroxyl groups is 1. The number of amides is 2. The molecule has 0 radical (unpaired) electrons. The molecule has 2 N–H and O–H groups in total. The molecule has 9 heteroatoms. The zero-order valence-corrected chi connectivity index (χ0v) is 19.0. The van der Waals surface area contributed by atoms with Crippen molar-refractivity contribution in [3.8, 4) is 5.75 Å². The van der Waals surface area contributed by atoms with E-state index in [1.807, 2.05) is 29.2 Å². The van der Waals surface area contributed by atoms with Crippen LogP contribution in [0.3, 0.4) is 0 Å². The normalized spacial score (nSPS) is 21.5. The van der Waals surface area contributed by atoms with Crippen LogP contribution in [-0.2, 0) is 11.3 Å². The molecule has 2 heterocycles. The van der Waals surface area contributed by atoms with Crippen molar-refractivity contribution in [2.75, 3.05) is 26.7 Å². The Morgan fingerprint density at radius 3 is 2.50 bits per heavy atom. The van der Waals surface area contributed by atoms with Crippen molar-refractivity contribution in [2.45, 2.75) is 44.0 Å². The number of β-amino-alcohol motifs (C(OH)–C–C–N with tert-alkyl or cyclic N) is 1. The molecule has 182 valence electrons. The lowest BCUT2D eigenvalue weighted by Gasteiger charge is -2.39. The van der Waals surface area contributed by atoms with Crippen molar-refractivity contribution in [2.24, 2.45) is 0 Å². The molecule has 0 bridgehead atoms. The molecular formula is C25H29F2N3O4. The van der Waals surface area contributed by atoms with Crippen LogP contribution >= 0.6 is 0 Å². The van der Waals surface area contributed by atoms with Crippen molar-refractivity contribution < 1.29 is 28.2 Å². The standard InChI is InChI=1S/C25H29F2N3O4/c1-34-22-4-2-3-16(9-22)14-28-24(32)23-13-21(31)15-30(23)20-5-7-29(8-6-20)25(33)17-10-18(26)12-19(27)11-17/h2-4,9-12,20-21,23,31H,5-8,13-15H2,1H3,(H,28,32)/t21-,23+/m1/s1. The molecule has 2 amide bonds. The summed E-state index contributed by atoms with van der Waals surface area (Å²) in [4.78, 5) is 29.3. The first-order valence-electron chi connectivity index (χ1n) is 11.4. The van der Waals surface area contributed by atoms with E-state index in [9.17, 15) is 23.5 Å². The Balaban J connectivity index is 1.34. The van der Waals surface area contributed by atoms with Crippen molar-refractivity contribution >= 4 is 11.8 Å². The maximum Gasteiger partial charge on any atom is 0.254 e. The van der Waals surface area contributed by atoms with E-state index in [4.69, 9.17) is 4.74 Å². The maximum absolute atomic E-state index is 13.5. The summed E-state index contributed by atoms with van der Waals surface area (Å²) in [5.74, 6) is -1.41. The molecule has 2 aromatic carbocycles. The predicted molar refractivity (Wildman–Crippen MR) is 121 cm³/mol. The molecule has 0 saturated carbocycles. The highest BCUT2D eigenvalue weighted by atomic mass is 19.1. The van der Waals surface area contributed by atoms with Crippen molar-refractivity contribution in [3.63, 3.8) is 0 Å². The van der Waals surface area contributed by atoms with Crippen LogP contribution in [0.1, 0.15) is 35.2 Å². The maximum atomic E-state index is 13.5. The van der Waals surface area contributed by atoms with E-state index in [0.29, 0.717) is 51.2 Å². The molecule has 2 aliphatic heterocycles. The van der Waals surface area contributed by atoms with Gasteiger partial charge in [-0.25, -0.2) is 8.78 Å². The Kier molecular flexibility index (Phi) is 7.43. The summed E-state index contributed by atoms with van der Waals surface area (Å²) >= 11 is 0. The lowest BCUT2D eigenvalue weighted by molar-refractivity contribution is -0.126. The first-order chi connectivity index (χ1) is 16.3. The van der Waals surface area contributed by atoms with Gasteiger partial charge < -0.3 is 20.1 Å². The van der Waals surface area contributed by atoms with Gasteiger partial charge in [0.1, 0.15) is 17.4 Å². The number of likely N-dealkylation sites (tertiary alicyclic amines) is 2. The van der Waals surface area contributed by atoms with Gasteiger partial charge in [0.25, 0.3) is 5.91 Å². The summed E-state index contributed by atoms with van der Waals surface area (Å²) in [5, 5.41) is 13.2. The number of carbonyl (C=O) groups is 2. The Labute approximate surface area is 197 Å². The van der Waals surface area contributed by atoms with Crippen LogP contribution in [0.15, 0.2) is 42.5 Å². The fraction of sp³-hybridized carbons (Fsp3) is 0.440. The number of methoxy groups -OCH3 is 1. The smallest absolute Gasteiger partial charge is 0.254 e. The van der Waals surface area contributed by atoms with Gasteiger partial charge in [-0.3, -0.25) is 14.5 Å². The molecule has 2 aromatic rings. The van der Waals surface area contributed by atoms with Crippen LogP contribution in [0.4, 0.5) is 8.78 Å². The second-order valence-electron chi connectivity index (χ2n) is 8.85. The molecule has 0 spiro atoms. The summed E-state index contributed by atoms with van der Waals surface area (Å²) in [7, 11) is 1.59. The minimum Gasteiger partial charge on any atom is -0.497 e. The molecule has 7 nitrogen and oxygen atoms in total. The number of ether oxygens (including phenoxy) is 1. The quantitative estimate of drug-likeness (QED) is 0.673. The molecule has 2 atom stereocenters. The minimum atomic E-state index is -0.785. The largest absolute Gasteiger partial charge is 0.497 e. The number of hydrogen-bond donors (Lipinski definition) is 2. The summed E-state index contributed by atoms with van der Waals surface area (Å²) in [6, 6.07) is 9.85. The third kappa shape index (κ3) is 5.53. The average molecular weight is 474 g/mol. The number of nitrogens with zero attached hydrogens (tertiary/aromatic N) is 2. The second kappa shape index (κ2) is 10.5. The van der Waals surface area contributed by atoms with E-state index in [1.54, 1.807) is 12.0 Å². The number of halogens is 2. The number of carbonyl (C=O) groups excluding carboxylic acids is 2. The highest BCUT2D eigenvalue weighted by Crippen LogP contribution is 2.27. The van der Waals surface area contributed by atoms with Crippen LogP contribution in [0.25, 0.3) is 0 Å². The van der Waals surface area contributed by atoms with Crippen molar-refractivity contribution in [1.29, 1.82) is 0 Å². The van der Waals surface area contributed by atoms with Crippen LogP contribution in [0, 0.1) is 11.6 Å². The van der Waals surface area contributed by atoms with Crippen LogP contribution in [0.2, 0.25) is 0 Å². The molecule has 2 fully saturated rings. The van der Waals surface area contributed by atoms with Crippen LogP contribution in [0.5, 0.6) is 5.75 Å². The van der Waals surface area contributed by atoms with Crippen molar-refractivity contribution in [3.05, 3.63) is 65.2 Å². The Hall–Kier alpha value is -3.04. The fourth-order valence-corrected chi connectivity index (χ4v) is 4.85. The van der Waals surface area contributed by atoms with Crippen LogP contribution < -0.4 is 10.1 Å². The van der Waals surface area contributed by atoms with Gasteiger partial charge in [-0.05, 0) is 49.1 Å². The first kappa shape index (κ1) is 24.1. The monoisotopic (exact) mass is 473 g/mol. The van der Waals surface area contributed by atoms with Gasteiger partial charge in [-0.2, -0.15) is 0 Å². The highest BCUT2D eigenvalue weighted by Gasteiger charge is 2.41. The second-order valence-corrected chi connectivity index (χ2v) is 8.85. The lowest BCUT2D eigenvalue weighted by Crippen LogP contribution is -2.52. The Morgan fingerprint density at radius 2 is 1.82 bits per heavy atom. The summed E-state index contributed by atoms with van der Waals surface area (Å²) in [5.41, 5.74) is 0.903. The predicted octanol–water partition coefficient (Wildman–Crippen LogP) is 2.33. The number of nitrogens with one attached hydrogen (secondary N) is 1. The molecule has 34 heavy (non-hydrogen) atoms. The Morgan fingerprint density at radius 1 is 1.12 bits per heavy atom. The summed E-state index contributed by atoms with van der Waals surface area (Å²) < 4.78 is 32.2. The lowest BCUT2D eigenvalue weighted by atomic mass is 10.0. The van der Waals surface area contributed by atoms with E-state index >= 15 is 0 Å². The van der Waals surface area contributed by atoms with Gasteiger partial charge in [0.2, 0.25) is 5.91 Å². The van der Waals surface area contributed by atoms with Gasteiger partial charge in [0.05, 0.1) is 19.3 Å². The third-order valence-electron chi connectivity index (χ3n) is 6.55. The summed E-state index contributed by atoms with van der Waals surface area (Å²) in [6.07, 6.45) is 0.972. The average Bonchev–Trinajstić information content (AvgIpc) is 3.23. The van der Waals surface area contributed by atoms with Gasteiger partial charge >= 0.3 is 0 Å². The highest BCUT2D eigenvalue weighted by molar-refractivity contribution is 5.94. The third-order valence-corrected chi connectivity index (χ3v) is 6.55. The molecule has 0 aromatic heterocycles. The van der Waals surface area contributed by atoms with E-state index < -0.39 is 29.7 Å². The van der Waals surface area contributed by atoms with E-state index in [0.717, 1.165) is 23.8 Å². The molecule has 2 saturated heterocycles. The molecule has 0 aliphatic carbocycles. The topological polar surface area (TPSA) is 82.1 Å².